The molecule has 0 unspecified atom stereocenters. The predicted octanol–water partition coefficient (Wildman–Crippen LogP) is 4.37. The number of rotatable bonds is 7. The maximum absolute atomic E-state index is 13.4. The number of nitrogens with zero attached hydrogens (tertiary/aromatic N) is 5. The van der Waals surface area contributed by atoms with Gasteiger partial charge in [0, 0.05) is 55.0 Å². The smallest absolute Gasteiger partial charge is 0.255 e. The van der Waals surface area contributed by atoms with Crippen molar-refractivity contribution >= 4 is 39.6 Å². The first kappa shape index (κ1) is 25.7. The molecule has 0 bridgehead atoms. The Morgan fingerprint density at radius 2 is 1.87 bits per heavy atom. The number of nitrogens with two attached hydrogens (primary N) is 1. The number of nitrogens with one attached hydrogen (secondary N) is 2. The van der Waals surface area contributed by atoms with Gasteiger partial charge in [-0.3, -0.25) is 9.69 Å². The number of hydrogen-bond donors (Lipinski definition) is 3. The lowest BCUT2D eigenvalue weighted by molar-refractivity contribution is 0.102. The van der Waals surface area contributed by atoms with Crippen LogP contribution in [0.15, 0.2) is 54.0 Å². The summed E-state index contributed by atoms with van der Waals surface area (Å²) >= 11 is 1.36. The summed E-state index contributed by atoms with van der Waals surface area (Å²) in [5.74, 6) is -0.811. The van der Waals surface area contributed by atoms with Gasteiger partial charge >= 0.3 is 0 Å². The SMILES string of the molecule is Cc1ccc(NC(=O)c2ccc(CN3CCN(C)CC3)cc2)cc1Nc1nc(-c2ncc(F)c(N)n2)cs1. The van der Waals surface area contributed by atoms with E-state index in [1.165, 1.54) is 16.9 Å². The van der Waals surface area contributed by atoms with Gasteiger partial charge in [0.2, 0.25) is 0 Å². The molecule has 5 rings (SSSR count). The van der Waals surface area contributed by atoms with E-state index < -0.39 is 5.82 Å². The third-order valence-corrected chi connectivity index (χ3v) is 7.22. The Hall–Kier alpha value is -3.93. The molecule has 4 N–H and O–H groups in total. The normalized spacial score (nSPS) is 14.4. The van der Waals surface area contributed by atoms with Crippen LogP contribution in [0.25, 0.3) is 11.5 Å². The van der Waals surface area contributed by atoms with Crippen LogP contribution in [0.5, 0.6) is 0 Å². The largest absolute Gasteiger partial charge is 0.381 e. The van der Waals surface area contributed by atoms with Crippen LogP contribution in [0, 0.1) is 12.7 Å². The Morgan fingerprint density at radius 1 is 1.11 bits per heavy atom. The van der Waals surface area contributed by atoms with Crippen molar-refractivity contribution in [3.8, 4) is 11.5 Å². The molecular weight excluding hydrogens is 503 g/mol. The topological polar surface area (TPSA) is 112 Å². The zero-order valence-corrected chi connectivity index (χ0v) is 22.1. The highest BCUT2D eigenvalue weighted by Gasteiger charge is 2.15. The highest BCUT2D eigenvalue weighted by Crippen LogP contribution is 2.29. The van der Waals surface area contributed by atoms with Gasteiger partial charge in [-0.25, -0.2) is 19.3 Å². The number of amides is 1. The minimum Gasteiger partial charge on any atom is -0.381 e. The number of nitrogen functional groups attached to an aromatic ring is 1. The van der Waals surface area contributed by atoms with Gasteiger partial charge in [-0.1, -0.05) is 18.2 Å². The van der Waals surface area contributed by atoms with E-state index in [2.05, 4.69) is 42.4 Å². The molecule has 38 heavy (non-hydrogen) atoms. The molecule has 0 radical (unpaired) electrons. The lowest BCUT2D eigenvalue weighted by Gasteiger charge is -2.32. The van der Waals surface area contributed by atoms with Crippen molar-refractivity contribution in [2.45, 2.75) is 13.5 Å². The van der Waals surface area contributed by atoms with Gasteiger partial charge in [0.05, 0.1) is 6.20 Å². The number of piperazine rings is 1. The second-order valence-electron chi connectivity index (χ2n) is 9.35. The monoisotopic (exact) mass is 532 g/mol. The van der Waals surface area contributed by atoms with Gasteiger partial charge in [0.15, 0.2) is 22.6 Å². The highest BCUT2D eigenvalue weighted by atomic mass is 32.1. The Balaban J connectivity index is 1.22. The summed E-state index contributed by atoms with van der Waals surface area (Å²) in [7, 11) is 2.15. The summed E-state index contributed by atoms with van der Waals surface area (Å²) < 4.78 is 13.4. The number of thiazole rings is 1. The van der Waals surface area contributed by atoms with E-state index in [-0.39, 0.29) is 17.5 Å². The van der Waals surface area contributed by atoms with Crippen LogP contribution >= 0.6 is 11.3 Å². The third-order valence-electron chi connectivity index (χ3n) is 6.46. The van der Waals surface area contributed by atoms with E-state index in [9.17, 15) is 9.18 Å². The molecule has 1 saturated heterocycles. The van der Waals surface area contributed by atoms with Crippen molar-refractivity contribution in [1.82, 2.24) is 24.8 Å². The van der Waals surface area contributed by atoms with E-state index >= 15 is 0 Å². The highest BCUT2D eigenvalue weighted by molar-refractivity contribution is 7.14. The molecule has 1 fully saturated rings. The Labute approximate surface area is 224 Å². The summed E-state index contributed by atoms with van der Waals surface area (Å²) in [4.78, 5) is 30.1. The van der Waals surface area contributed by atoms with E-state index in [0.29, 0.717) is 22.1 Å². The van der Waals surface area contributed by atoms with E-state index in [1.54, 1.807) is 5.38 Å². The zero-order chi connectivity index (χ0) is 26.6. The minimum absolute atomic E-state index is 0.173. The Morgan fingerprint density at radius 3 is 2.61 bits per heavy atom. The number of benzene rings is 2. The van der Waals surface area contributed by atoms with Gasteiger partial charge in [0.1, 0.15) is 5.69 Å². The van der Waals surface area contributed by atoms with Gasteiger partial charge < -0.3 is 21.3 Å². The molecule has 0 saturated carbocycles. The van der Waals surface area contributed by atoms with Gasteiger partial charge in [-0.15, -0.1) is 11.3 Å². The number of aromatic nitrogens is 3. The fourth-order valence-corrected chi connectivity index (χ4v) is 4.82. The second-order valence-corrected chi connectivity index (χ2v) is 10.2. The molecule has 0 aliphatic carbocycles. The molecule has 1 aliphatic heterocycles. The molecule has 9 nitrogen and oxygen atoms in total. The number of carbonyl (C=O) groups is 1. The van der Waals surface area contributed by atoms with Crippen molar-refractivity contribution in [3.63, 3.8) is 0 Å². The maximum Gasteiger partial charge on any atom is 0.255 e. The molecule has 3 heterocycles. The number of halogens is 1. The Bertz CT molecular complexity index is 1430. The predicted molar refractivity (Wildman–Crippen MR) is 149 cm³/mol. The first-order valence-electron chi connectivity index (χ1n) is 12.3. The van der Waals surface area contributed by atoms with Crippen molar-refractivity contribution in [3.05, 3.63) is 76.5 Å². The number of likely N-dealkylation sites (N-methyl/N-ethyl adjacent to an activating group) is 1. The maximum atomic E-state index is 13.4. The number of hydrogen-bond acceptors (Lipinski definition) is 9. The van der Waals surface area contributed by atoms with Crippen LogP contribution < -0.4 is 16.4 Å². The molecule has 4 aromatic rings. The number of aryl methyl sites for hydroxylation is 1. The summed E-state index contributed by atoms with van der Waals surface area (Å²) in [6.45, 7) is 7.12. The molecule has 0 spiro atoms. The van der Waals surface area contributed by atoms with Crippen LogP contribution in [-0.4, -0.2) is 63.9 Å². The van der Waals surface area contributed by atoms with Crippen molar-refractivity contribution in [2.24, 2.45) is 0 Å². The average molecular weight is 533 g/mol. The number of anilines is 4. The molecule has 1 aliphatic rings. The van der Waals surface area contributed by atoms with Crippen LogP contribution in [0.4, 0.5) is 26.7 Å². The van der Waals surface area contributed by atoms with E-state index in [4.69, 9.17) is 5.73 Å². The summed E-state index contributed by atoms with van der Waals surface area (Å²) in [5, 5.41) is 8.63. The van der Waals surface area contributed by atoms with Crippen molar-refractivity contribution in [1.29, 1.82) is 0 Å². The van der Waals surface area contributed by atoms with Crippen molar-refractivity contribution in [2.75, 3.05) is 49.6 Å². The van der Waals surface area contributed by atoms with E-state index in [1.807, 2.05) is 49.4 Å². The zero-order valence-electron chi connectivity index (χ0n) is 21.2. The standard InChI is InChI=1S/C27H29FN8OS/c1-17-3-8-20(13-22(17)32-27-33-23(16-38-27)25-30-14-21(28)24(29)34-25)31-26(37)19-6-4-18(5-7-19)15-36-11-9-35(2)10-12-36/h3-8,13-14,16H,9-12,15H2,1-2H3,(H,31,37)(H,32,33)(H2,29,30,34). The fraction of sp³-hybridized carbons (Fsp3) is 0.259. The summed E-state index contributed by atoms with van der Waals surface area (Å²) in [5.41, 5.74) is 10.3. The van der Waals surface area contributed by atoms with Crippen LogP contribution in [-0.2, 0) is 6.54 Å². The quantitative estimate of drug-likeness (QED) is 0.322. The molecule has 1 amide bonds. The van der Waals surface area contributed by atoms with Gasteiger partial charge in [-0.05, 0) is 49.4 Å². The molecule has 11 heteroatoms. The average Bonchev–Trinajstić information content (AvgIpc) is 3.38. The van der Waals surface area contributed by atoms with Crippen molar-refractivity contribution < 1.29 is 9.18 Å². The molecule has 0 atom stereocenters. The van der Waals surface area contributed by atoms with Crippen LogP contribution in [0.2, 0.25) is 0 Å². The lowest BCUT2D eigenvalue weighted by Crippen LogP contribution is -2.43. The molecule has 2 aromatic heterocycles. The molecule has 2 aromatic carbocycles. The third kappa shape index (κ3) is 6.13. The Kier molecular flexibility index (Phi) is 7.59. The van der Waals surface area contributed by atoms with Gasteiger partial charge in [0.25, 0.3) is 5.91 Å². The summed E-state index contributed by atoms with van der Waals surface area (Å²) in [6, 6.07) is 13.4. The lowest BCUT2D eigenvalue weighted by atomic mass is 10.1. The molecule has 196 valence electrons. The molecular formula is C27H29FN8OS. The second kappa shape index (κ2) is 11.2. The minimum atomic E-state index is -0.668. The van der Waals surface area contributed by atoms with Crippen LogP contribution in [0.3, 0.4) is 0 Å². The fourth-order valence-electron chi connectivity index (χ4n) is 4.12. The first-order chi connectivity index (χ1) is 18.3. The van der Waals surface area contributed by atoms with Crippen LogP contribution in [0.1, 0.15) is 21.5 Å². The van der Waals surface area contributed by atoms with E-state index in [0.717, 1.165) is 50.2 Å². The number of carbonyl (C=O) groups excluding carboxylic acids is 1. The first-order valence-corrected chi connectivity index (χ1v) is 13.1. The summed E-state index contributed by atoms with van der Waals surface area (Å²) in [6.07, 6.45) is 1.03. The van der Waals surface area contributed by atoms with Gasteiger partial charge in [-0.2, -0.15) is 0 Å².